The Morgan fingerprint density at radius 1 is 0.452 bits per heavy atom. The van der Waals surface area contributed by atoms with Gasteiger partial charge in [-0.25, -0.2) is 0 Å². The second-order valence-electron chi connectivity index (χ2n) is 5.38. The maximum atomic E-state index is 10.5. The summed E-state index contributed by atoms with van der Waals surface area (Å²) in [7, 11) is 0. The number of halogens is 3. The first-order valence-electron chi connectivity index (χ1n) is 8.01. The van der Waals surface area contributed by atoms with Gasteiger partial charge in [-0.05, 0) is 53.1 Å². The Morgan fingerprint density at radius 2 is 0.613 bits per heavy atom. The molecule has 10 heteroatoms. The molecular weight excluding hydrogens is 712 g/mol. The van der Waals surface area contributed by atoms with E-state index in [9.17, 15) is 14.4 Å². The molecular formula is C21H12BiCl3O3S3. The third-order valence-corrected chi connectivity index (χ3v) is 4.70. The summed E-state index contributed by atoms with van der Waals surface area (Å²) in [6, 6.07) is 19.5. The zero-order chi connectivity index (χ0) is 22.7. The summed E-state index contributed by atoms with van der Waals surface area (Å²) in [5.41, 5.74) is 1.54. The second-order valence-corrected chi connectivity index (χ2v) is 7.80. The molecule has 0 aliphatic carbocycles. The van der Waals surface area contributed by atoms with Gasteiger partial charge in [-0.1, -0.05) is 71.2 Å². The van der Waals surface area contributed by atoms with Crippen LogP contribution in [0, 0.1) is 0 Å². The molecule has 3 aromatic carbocycles. The summed E-state index contributed by atoms with van der Waals surface area (Å²) in [6.07, 6.45) is 0. The fraction of sp³-hybridized carbons (Fsp3) is 0. The van der Waals surface area contributed by atoms with Crippen LogP contribution in [-0.4, -0.2) is 41.5 Å². The van der Waals surface area contributed by atoms with Crippen LogP contribution in [0.25, 0.3) is 0 Å². The van der Waals surface area contributed by atoms with Crippen LogP contribution in [0.2, 0.25) is 15.1 Å². The maximum Gasteiger partial charge on any atom is 3.00 e. The van der Waals surface area contributed by atoms with Crippen LogP contribution in [0.3, 0.4) is 0 Å². The van der Waals surface area contributed by atoms with Crippen molar-refractivity contribution in [2.45, 2.75) is 0 Å². The third-order valence-electron chi connectivity index (χ3n) is 3.24. The van der Waals surface area contributed by atoms with E-state index >= 15 is 0 Å². The van der Waals surface area contributed by atoms with Gasteiger partial charge in [0.15, 0.2) is 0 Å². The van der Waals surface area contributed by atoms with Gasteiger partial charge in [0.05, 0.1) is 0 Å². The molecule has 0 aliphatic rings. The molecule has 0 amide bonds. The van der Waals surface area contributed by atoms with Gasteiger partial charge in [-0.2, -0.15) is 0 Å². The summed E-state index contributed by atoms with van der Waals surface area (Å²) >= 11 is 29.9. The Bertz CT molecular complexity index is 865. The van der Waals surface area contributed by atoms with Gasteiger partial charge in [-0.15, -0.1) is 0 Å². The first-order valence-corrected chi connectivity index (χ1v) is 10.4. The van der Waals surface area contributed by atoms with E-state index in [0.29, 0.717) is 31.8 Å². The second kappa shape index (κ2) is 15.8. The van der Waals surface area contributed by atoms with E-state index in [2.05, 4.69) is 37.9 Å². The van der Waals surface area contributed by atoms with Crippen molar-refractivity contribution in [1.82, 2.24) is 0 Å². The molecule has 3 nitrogen and oxygen atoms in total. The van der Waals surface area contributed by atoms with Gasteiger partial charge in [0.2, 0.25) is 0 Å². The van der Waals surface area contributed by atoms with E-state index in [1.165, 1.54) is 0 Å². The molecule has 2 radical (unpaired) electrons. The van der Waals surface area contributed by atoms with Crippen molar-refractivity contribution in [3.05, 3.63) is 105 Å². The molecule has 158 valence electrons. The van der Waals surface area contributed by atoms with Gasteiger partial charge in [0, 0.05) is 30.4 Å². The molecule has 0 saturated heterocycles. The Labute approximate surface area is 231 Å². The summed E-state index contributed by atoms with van der Waals surface area (Å²) in [4.78, 5) is 31.6. The number of carbonyl (C=O) groups is 3. The third kappa shape index (κ3) is 12.6. The Kier molecular flexibility index (Phi) is 15.3. The Morgan fingerprint density at radius 3 is 0.742 bits per heavy atom. The zero-order valence-electron chi connectivity index (χ0n) is 15.5. The van der Waals surface area contributed by atoms with Gasteiger partial charge in [0.1, 0.15) is 0 Å². The first-order chi connectivity index (χ1) is 14.1. The quantitative estimate of drug-likeness (QED) is 0.256. The molecule has 0 N–H and O–H groups in total. The fourth-order valence-corrected chi connectivity index (χ4v) is 2.54. The van der Waals surface area contributed by atoms with Gasteiger partial charge >= 0.3 is 26.2 Å². The van der Waals surface area contributed by atoms with Crippen molar-refractivity contribution in [2.24, 2.45) is 0 Å². The van der Waals surface area contributed by atoms with Crippen molar-refractivity contribution in [1.29, 1.82) is 0 Å². The van der Waals surface area contributed by atoms with Crippen LogP contribution in [0.1, 0.15) is 31.1 Å². The zero-order valence-corrected chi connectivity index (χ0v) is 23.7. The Balaban J connectivity index is 0.000000429. The van der Waals surface area contributed by atoms with E-state index in [0.717, 1.165) is 0 Å². The molecule has 0 atom stereocenters. The molecule has 0 heterocycles. The van der Waals surface area contributed by atoms with Crippen LogP contribution in [0.15, 0.2) is 72.8 Å². The summed E-state index contributed by atoms with van der Waals surface area (Å²) in [5.74, 6) is 0. The van der Waals surface area contributed by atoms with Crippen molar-refractivity contribution in [2.75, 3.05) is 0 Å². The predicted molar refractivity (Wildman–Crippen MR) is 135 cm³/mol. The molecule has 0 fully saturated rings. The molecule has 0 saturated carbocycles. The predicted octanol–water partition coefficient (Wildman–Crippen LogP) is 5.70. The molecule has 0 bridgehead atoms. The maximum absolute atomic E-state index is 10.5. The van der Waals surface area contributed by atoms with Crippen molar-refractivity contribution in [3.8, 4) is 0 Å². The minimum Gasteiger partial charge on any atom is -0.737 e. The monoisotopic (exact) mass is 722 g/mol. The average molecular weight is 724 g/mol. The summed E-state index contributed by atoms with van der Waals surface area (Å²) in [5, 5.41) is 0.782. The molecule has 3 rings (SSSR count). The van der Waals surface area contributed by atoms with Crippen LogP contribution >= 0.6 is 34.8 Å². The van der Waals surface area contributed by atoms with Crippen LogP contribution in [-0.2, 0) is 37.9 Å². The minimum atomic E-state index is -0.350. The van der Waals surface area contributed by atoms with Gasteiger partial charge in [0.25, 0.3) is 0 Å². The minimum absolute atomic E-state index is 0. The summed E-state index contributed by atoms with van der Waals surface area (Å²) < 4.78 is 0. The fourth-order valence-electron chi connectivity index (χ4n) is 1.76. The Hall–Kier alpha value is -0.917. The number of rotatable bonds is 3. The number of benzene rings is 3. The van der Waals surface area contributed by atoms with E-state index < -0.39 is 0 Å². The van der Waals surface area contributed by atoms with E-state index in [4.69, 9.17) is 34.8 Å². The van der Waals surface area contributed by atoms with Crippen LogP contribution in [0.4, 0.5) is 0 Å². The number of hydrogen-bond donors (Lipinski definition) is 0. The average Bonchev–Trinajstić information content (AvgIpc) is 2.70. The summed E-state index contributed by atoms with van der Waals surface area (Å²) in [6.45, 7) is 0. The van der Waals surface area contributed by atoms with Crippen LogP contribution < -0.4 is 0 Å². The SMILES string of the molecule is O=C([S-])c1ccc(Cl)cc1.O=C([S-])c1ccc(Cl)cc1.O=C([S-])c1ccc(Cl)cc1.[Bi+3]. The van der Waals surface area contributed by atoms with E-state index in [1.54, 1.807) is 72.8 Å². The molecule has 0 aliphatic heterocycles. The topological polar surface area (TPSA) is 51.2 Å². The van der Waals surface area contributed by atoms with E-state index in [1.807, 2.05) is 0 Å². The standard InChI is InChI=1S/3C7H5ClOS.Bi/c3*8-6-3-1-5(2-4-6)7(9)10;/h3*1-4H,(H,9,10);/q;;;+3/p-3. The first kappa shape index (κ1) is 30.1. The normalized spacial score (nSPS) is 9.00. The smallest absolute Gasteiger partial charge is 0.737 e. The van der Waals surface area contributed by atoms with Crippen LogP contribution in [0.5, 0.6) is 0 Å². The molecule has 3 aromatic rings. The largest absolute Gasteiger partial charge is 3.00 e. The van der Waals surface area contributed by atoms with Crippen molar-refractivity contribution in [3.63, 3.8) is 0 Å². The van der Waals surface area contributed by atoms with E-state index in [-0.39, 0.29) is 41.5 Å². The molecule has 0 unspecified atom stereocenters. The number of hydrogen-bond acceptors (Lipinski definition) is 6. The molecule has 0 spiro atoms. The number of carbonyl (C=O) groups excluding carboxylic acids is 3. The van der Waals surface area contributed by atoms with Crippen molar-refractivity contribution < 1.29 is 14.4 Å². The van der Waals surface area contributed by atoms with Gasteiger partial charge in [-0.3, -0.25) is 0 Å². The molecule has 31 heavy (non-hydrogen) atoms. The molecule has 0 aromatic heterocycles. The van der Waals surface area contributed by atoms with Gasteiger partial charge < -0.3 is 52.3 Å². The van der Waals surface area contributed by atoms with Crippen molar-refractivity contribution >= 4 is 114 Å².